The predicted octanol–water partition coefficient (Wildman–Crippen LogP) is 1.12. The minimum atomic E-state index is -1.82. The van der Waals surface area contributed by atoms with E-state index in [1.165, 1.54) is 18.2 Å². The second-order valence-corrected chi connectivity index (χ2v) is 5.33. The van der Waals surface area contributed by atoms with Gasteiger partial charge in [-0.05, 0) is 6.07 Å². The molecule has 9 heteroatoms. The molecule has 2 amide bonds. The molecule has 4 N–H and O–H groups in total. The van der Waals surface area contributed by atoms with E-state index >= 15 is 0 Å². The Balaban J connectivity index is 2.08. The first-order valence-electron chi connectivity index (χ1n) is 6.42. The summed E-state index contributed by atoms with van der Waals surface area (Å²) in [6.45, 7) is -0.517. The summed E-state index contributed by atoms with van der Waals surface area (Å²) in [5.74, 6) is -1.57. The van der Waals surface area contributed by atoms with Gasteiger partial charge in [0.2, 0.25) is 5.91 Å². The maximum absolute atomic E-state index is 13.9. The van der Waals surface area contributed by atoms with Crippen molar-refractivity contribution in [1.82, 2.24) is 10.2 Å². The molecule has 0 saturated carbocycles. The molecule has 0 bridgehead atoms. The Morgan fingerprint density at radius 3 is 2.82 bits per heavy atom. The first-order valence-corrected chi connectivity index (χ1v) is 6.80. The summed E-state index contributed by atoms with van der Waals surface area (Å²) >= 11 is 5.61. The van der Waals surface area contributed by atoms with Crippen molar-refractivity contribution in [1.29, 1.82) is 0 Å². The first kappa shape index (κ1) is 16.4. The van der Waals surface area contributed by atoms with Crippen LogP contribution in [0.1, 0.15) is 5.56 Å². The monoisotopic (exact) mass is 333 g/mol. The van der Waals surface area contributed by atoms with Crippen LogP contribution in [0.2, 0.25) is 5.02 Å². The number of nitrogens with zero attached hydrogens (tertiary/aromatic N) is 1. The van der Waals surface area contributed by atoms with Crippen molar-refractivity contribution in [2.45, 2.75) is 24.8 Å². The number of hydrogen-bond acceptors (Lipinski definition) is 3. The van der Waals surface area contributed by atoms with E-state index in [9.17, 15) is 18.4 Å². The zero-order valence-electron chi connectivity index (χ0n) is 11.3. The minimum absolute atomic E-state index is 0.106. The van der Waals surface area contributed by atoms with Crippen LogP contribution < -0.4 is 11.1 Å². The zero-order valence-corrected chi connectivity index (χ0v) is 12.1. The third-order valence-electron chi connectivity index (χ3n) is 3.45. The fourth-order valence-electron chi connectivity index (χ4n) is 2.30. The van der Waals surface area contributed by atoms with E-state index in [1.54, 1.807) is 0 Å². The van der Waals surface area contributed by atoms with Gasteiger partial charge in [0, 0.05) is 18.7 Å². The van der Waals surface area contributed by atoms with Gasteiger partial charge in [0.05, 0.1) is 11.1 Å². The third-order valence-corrected chi connectivity index (χ3v) is 3.74. The SMILES string of the molecule is N[C@@H]1CN(C(=O)O)[C@H](C(=O)NCc2cccc(Cl)c2F)[C@H]1F. The fraction of sp³-hybridized carbons (Fsp3) is 0.385. The number of alkyl halides is 1. The van der Waals surface area contributed by atoms with E-state index < -0.39 is 36.1 Å². The van der Waals surface area contributed by atoms with Crippen LogP contribution in [0.15, 0.2) is 18.2 Å². The molecule has 0 unspecified atom stereocenters. The van der Waals surface area contributed by atoms with Crippen LogP contribution in [0, 0.1) is 5.82 Å². The van der Waals surface area contributed by atoms with Gasteiger partial charge in [-0.3, -0.25) is 9.69 Å². The molecule has 2 rings (SSSR count). The molecule has 0 aliphatic carbocycles. The van der Waals surface area contributed by atoms with Gasteiger partial charge in [0.1, 0.15) is 18.0 Å². The first-order chi connectivity index (χ1) is 10.3. The number of benzene rings is 1. The molecular formula is C13H14ClF2N3O3. The molecule has 1 aromatic carbocycles. The highest BCUT2D eigenvalue weighted by molar-refractivity contribution is 6.30. The molecule has 3 atom stereocenters. The summed E-state index contributed by atoms with van der Waals surface area (Å²) in [5, 5.41) is 11.2. The van der Waals surface area contributed by atoms with Gasteiger partial charge in [-0.2, -0.15) is 0 Å². The lowest BCUT2D eigenvalue weighted by molar-refractivity contribution is -0.126. The molecule has 0 spiro atoms. The molecule has 1 aliphatic heterocycles. The smallest absolute Gasteiger partial charge is 0.408 e. The number of likely N-dealkylation sites (tertiary alicyclic amines) is 1. The van der Waals surface area contributed by atoms with Crippen molar-refractivity contribution in [3.8, 4) is 0 Å². The normalized spacial score (nSPS) is 24.4. The van der Waals surface area contributed by atoms with Gasteiger partial charge >= 0.3 is 6.09 Å². The minimum Gasteiger partial charge on any atom is -0.465 e. The van der Waals surface area contributed by atoms with Gasteiger partial charge in [-0.25, -0.2) is 13.6 Å². The number of halogens is 3. The number of hydrogen-bond donors (Lipinski definition) is 3. The maximum Gasteiger partial charge on any atom is 0.408 e. The van der Waals surface area contributed by atoms with Crippen LogP contribution >= 0.6 is 11.6 Å². The van der Waals surface area contributed by atoms with Gasteiger partial charge < -0.3 is 16.2 Å². The number of nitrogens with two attached hydrogens (primary N) is 1. The van der Waals surface area contributed by atoms with Crippen LogP contribution in [0.25, 0.3) is 0 Å². The van der Waals surface area contributed by atoms with Crippen molar-refractivity contribution in [2.24, 2.45) is 5.73 Å². The van der Waals surface area contributed by atoms with E-state index in [-0.39, 0.29) is 23.7 Å². The van der Waals surface area contributed by atoms with E-state index in [0.717, 1.165) is 0 Å². The van der Waals surface area contributed by atoms with Crippen molar-refractivity contribution in [3.05, 3.63) is 34.6 Å². The average Bonchev–Trinajstić information content (AvgIpc) is 2.76. The quantitative estimate of drug-likeness (QED) is 0.772. The van der Waals surface area contributed by atoms with Crippen LogP contribution in [-0.4, -0.2) is 46.8 Å². The third kappa shape index (κ3) is 3.12. The Kier molecular flexibility index (Phi) is 4.82. The molecule has 1 aromatic rings. The van der Waals surface area contributed by atoms with Crippen LogP contribution in [-0.2, 0) is 11.3 Å². The Bertz CT molecular complexity index is 602. The van der Waals surface area contributed by atoms with E-state index in [4.69, 9.17) is 22.4 Å². The highest BCUT2D eigenvalue weighted by Gasteiger charge is 2.47. The molecule has 1 heterocycles. The summed E-state index contributed by atoms with van der Waals surface area (Å²) in [6.07, 6.45) is -3.26. The summed E-state index contributed by atoms with van der Waals surface area (Å²) in [5.41, 5.74) is 5.56. The number of carbonyl (C=O) groups is 2. The molecule has 120 valence electrons. The molecule has 1 fully saturated rings. The zero-order chi connectivity index (χ0) is 16.4. The van der Waals surface area contributed by atoms with E-state index in [2.05, 4.69) is 5.32 Å². The molecule has 6 nitrogen and oxygen atoms in total. The Hall–Kier alpha value is -1.93. The predicted molar refractivity (Wildman–Crippen MR) is 74.6 cm³/mol. The largest absolute Gasteiger partial charge is 0.465 e. The lowest BCUT2D eigenvalue weighted by Gasteiger charge is -2.21. The molecule has 1 saturated heterocycles. The van der Waals surface area contributed by atoms with Gasteiger partial charge in [0.15, 0.2) is 0 Å². The maximum atomic E-state index is 13.9. The summed E-state index contributed by atoms with van der Waals surface area (Å²) < 4.78 is 27.6. The van der Waals surface area contributed by atoms with Crippen LogP contribution in [0.5, 0.6) is 0 Å². The lowest BCUT2D eigenvalue weighted by atomic mass is 10.1. The Labute approximate surface area is 129 Å². The highest BCUT2D eigenvalue weighted by atomic mass is 35.5. The highest BCUT2D eigenvalue weighted by Crippen LogP contribution is 2.22. The van der Waals surface area contributed by atoms with Crippen LogP contribution in [0.4, 0.5) is 13.6 Å². The number of carboxylic acid groups (broad SMARTS) is 1. The number of nitrogens with one attached hydrogen (secondary N) is 1. The molecule has 1 aliphatic rings. The Morgan fingerprint density at radius 1 is 1.50 bits per heavy atom. The number of carbonyl (C=O) groups excluding carboxylic acids is 1. The van der Waals surface area contributed by atoms with Gasteiger partial charge in [-0.1, -0.05) is 23.7 Å². The van der Waals surface area contributed by atoms with E-state index in [0.29, 0.717) is 4.90 Å². The fourth-order valence-corrected chi connectivity index (χ4v) is 2.50. The van der Waals surface area contributed by atoms with Crippen LogP contribution in [0.3, 0.4) is 0 Å². The topological polar surface area (TPSA) is 95.7 Å². The Morgan fingerprint density at radius 2 is 2.18 bits per heavy atom. The second-order valence-electron chi connectivity index (χ2n) is 4.92. The average molecular weight is 334 g/mol. The molecule has 22 heavy (non-hydrogen) atoms. The van der Waals surface area contributed by atoms with Crippen molar-refractivity contribution in [3.63, 3.8) is 0 Å². The second kappa shape index (κ2) is 6.45. The summed E-state index contributed by atoms with van der Waals surface area (Å²) in [4.78, 5) is 23.7. The molecule has 0 radical (unpaired) electrons. The van der Waals surface area contributed by atoms with Crippen molar-refractivity contribution < 1.29 is 23.5 Å². The van der Waals surface area contributed by atoms with E-state index in [1.807, 2.05) is 0 Å². The lowest BCUT2D eigenvalue weighted by Crippen LogP contribution is -2.49. The van der Waals surface area contributed by atoms with Gasteiger partial charge in [-0.15, -0.1) is 0 Å². The van der Waals surface area contributed by atoms with Gasteiger partial charge in [0.25, 0.3) is 0 Å². The molecule has 0 aromatic heterocycles. The van der Waals surface area contributed by atoms with Crippen molar-refractivity contribution in [2.75, 3.05) is 6.54 Å². The molecular weight excluding hydrogens is 320 g/mol. The number of rotatable bonds is 3. The summed E-state index contributed by atoms with van der Waals surface area (Å²) in [6, 6.07) is 1.63. The standard InChI is InChI=1S/C13H14ClF2N3O3/c14-7-3-1-2-6(9(7)15)4-18-12(20)11-10(16)8(17)5-19(11)13(21)22/h1-3,8,10-11H,4-5,17H2,(H,18,20)(H,21,22)/t8-,10+,11+/m1/s1. The summed E-state index contributed by atoms with van der Waals surface area (Å²) in [7, 11) is 0. The van der Waals surface area contributed by atoms with Crippen molar-refractivity contribution >= 4 is 23.6 Å². The number of amides is 2.